The molecule has 140 valence electrons. The number of aliphatic hydroxyl groups is 1. The van der Waals surface area contributed by atoms with Crippen LogP contribution in [-0.4, -0.2) is 72.6 Å². The van der Waals surface area contributed by atoms with Gasteiger partial charge in [-0.2, -0.15) is 0 Å². The quantitative estimate of drug-likeness (QED) is 0.850. The van der Waals surface area contributed by atoms with Crippen LogP contribution >= 0.6 is 0 Å². The zero-order valence-corrected chi connectivity index (χ0v) is 15.4. The molecule has 1 saturated heterocycles. The number of carbonyl (C=O) groups is 2. The number of benzene rings is 1. The van der Waals surface area contributed by atoms with Gasteiger partial charge in [-0.3, -0.25) is 14.5 Å². The normalized spacial score (nSPS) is 20.9. The molecule has 1 aliphatic heterocycles. The number of aryl methyl sites for hydroxylation is 1. The summed E-state index contributed by atoms with van der Waals surface area (Å²) in [6.45, 7) is 3.25. The van der Waals surface area contributed by atoms with Crippen LogP contribution < -0.4 is 5.32 Å². The van der Waals surface area contributed by atoms with Crippen molar-refractivity contribution >= 4 is 22.8 Å². The highest BCUT2D eigenvalue weighted by molar-refractivity contribution is 5.96. The van der Waals surface area contributed by atoms with Crippen molar-refractivity contribution < 1.29 is 19.1 Å². The van der Waals surface area contributed by atoms with Gasteiger partial charge in [0, 0.05) is 32.6 Å². The molecule has 0 spiro atoms. The van der Waals surface area contributed by atoms with E-state index < -0.39 is 6.10 Å². The number of β-amino-alcohol motifs (C(OH)–C–C–N with tert-alkyl or cyclic N) is 1. The van der Waals surface area contributed by atoms with E-state index in [0.717, 1.165) is 10.9 Å². The van der Waals surface area contributed by atoms with E-state index in [1.54, 1.807) is 20.2 Å². The van der Waals surface area contributed by atoms with Gasteiger partial charge in [0.2, 0.25) is 5.91 Å². The number of fused-ring (bicyclic) bond motifs is 1. The Morgan fingerprint density at radius 3 is 2.81 bits per heavy atom. The van der Waals surface area contributed by atoms with Gasteiger partial charge in [-0.15, -0.1) is 0 Å². The summed E-state index contributed by atoms with van der Waals surface area (Å²) in [4.78, 5) is 27.7. The number of piperidine rings is 1. The van der Waals surface area contributed by atoms with Crippen LogP contribution in [0.15, 0.2) is 28.7 Å². The summed E-state index contributed by atoms with van der Waals surface area (Å²) < 4.78 is 5.61. The van der Waals surface area contributed by atoms with Crippen LogP contribution in [0.1, 0.15) is 22.5 Å². The Balaban J connectivity index is 1.60. The lowest BCUT2D eigenvalue weighted by atomic mass is 10.0. The number of hydrogen-bond donors (Lipinski definition) is 2. The van der Waals surface area contributed by atoms with Gasteiger partial charge in [0.15, 0.2) is 5.76 Å². The van der Waals surface area contributed by atoms with Crippen LogP contribution in [-0.2, 0) is 4.79 Å². The minimum Gasteiger partial charge on any atom is -0.451 e. The summed E-state index contributed by atoms with van der Waals surface area (Å²) in [6.07, 6.45) is -0.151. The number of amides is 2. The fourth-order valence-electron chi connectivity index (χ4n) is 3.16. The molecular formula is C19H25N3O4. The predicted molar refractivity (Wildman–Crippen MR) is 98.0 cm³/mol. The Bertz CT molecular complexity index is 814. The van der Waals surface area contributed by atoms with Crippen molar-refractivity contribution in [3.05, 3.63) is 35.6 Å². The third-order valence-corrected chi connectivity index (χ3v) is 4.74. The number of nitrogens with zero attached hydrogens (tertiary/aromatic N) is 2. The van der Waals surface area contributed by atoms with E-state index in [0.29, 0.717) is 25.1 Å². The van der Waals surface area contributed by atoms with Gasteiger partial charge in [-0.05, 0) is 31.5 Å². The van der Waals surface area contributed by atoms with Crippen molar-refractivity contribution in [2.24, 2.45) is 0 Å². The standard InChI is InChI=1S/C19H25N3O4/c1-12-4-5-16-13(8-12)9-17(26-16)19(25)20-14-6-7-22(10-15(14)23)11-18(24)21(2)3/h4-5,8-9,14-15,23H,6-7,10-11H2,1-3H3,(H,20,25)/t14-,15-/m1/s1. The molecule has 7 nitrogen and oxygen atoms in total. The van der Waals surface area contributed by atoms with Gasteiger partial charge in [-0.1, -0.05) is 11.6 Å². The second-order valence-corrected chi connectivity index (χ2v) is 7.11. The highest BCUT2D eigenvalue weighted by Gasteiger charge is 2.30. The maximum Gasteiger partial charge on any atom is 0.287 e. The van der Waals surface area contributed by atoms with Crippen molar-refractivity contribution in [1.29, 1.82) is 0 Å². The molecule has 7 heteroatoms. The summed E-state index contributed by atoms with van der Waals surface area (Å²) in [7, 11) is 3.42. The molecular weight excluding hydrogens is 334 g/mol. The van der Waals surface area contributed by atoms with E-state index in [9.17, 15) is 14.7 Å². The topological polar surface area (TPSA) is 86.0 Å². The SMILES string of the molecule is Cc1ccc2oc(C(=O)N[C@@H]3CCN(CC(=O)N(C)C)C[C@H]3O)cc2c1. The Kier molecular flexibility index (Phi) is 5.29. The molecule has 2 heterocycles. The molecule has 0 aliphatic carbocycles. The number of rotatable bonds is 4. The minimum absolute atomic E-state index is 0.00254. The third-order valence-electron chi connectivity index (χ3n) is 4.74. The fourth-order valence-corrected chi connectivity index (χ4v) is 3.16. The van der Waals surface area contributed by atoms with Crippen molar-refractivity contribution in [2.45, 2.75) is 25.5 Å². The fraction of sp³-hybridized carbons (Fsp3) is 0.474. The highest BCUT2D eigenvalue weighted by atomic mass is 16.3. The number of furan rings is 1. The Hall–Kier alpha value is -2.38. The summed E-state index contributed by atoms with van der Waals surface area (Å²) in [5.74, 6) is -0.0963. The Morgan fingerprint density at radius 1 is 1.35 bits per heavy atom. The highest BCUT2D eigenvalue weighted by Crippen LogP contribution is 2.21. The first-order valence-electron chi connectivity index (χ1n) is 8.75. The van der Waals surface area contributed by atoms with Gasteiger partial charge in [0.25, 0.3) is 5.91 Å². The van der Waals surface area contributed by atoms with E-state index in [1.165, 1.54) is 4.90 Å². The van der Waals surface area contributed by atoms with Gasteiger partial charge < -0.3 is 19.7 Å². The number of carbonyl (C=O) groups excluding carboxylic acids is 2. The van der Waals surface area contributed by atoms with E-state index in [4.69, 9.17) is 4.42 Å². The number of hydrogen-bond acceptors (Lipinski definition) is 5. The third kappa shape index (κ3) is 4.05. The molecule has 2 amide bonds. The first kappa shape index (κ1) is 18.4. The zero-order valence-electron chi connectivity index (χ0n) is 15.4. The van der Waals surface area contributed by atoms with Crippen molar-refractivity contribution in [3.63, 3.8) is 0 Å². The van der Waals surface area contributed by atoms with Crippen LogP contribution in [0.5, 0.6) is 0 Å². The number of likely N-dealkylation sites (N-methyl/N-ethyl adjacent to an activating group) is 1. The number of nitrogens with one attached hydrogen (secondary N) is 1. The largest absolute Gasteiger partial charge is 0.451 e. The molecule has 26 heavy (non-hydrogen) atoms. The molecule has 1 aromatic heterocycles. The first-order valence-corrected chi connectivity index (χ1v) is 8.75. The van der Waals surface area contributed by atoms with Crippen LogP contribution in [0.25, 0.3) is 11.0 Å². The number of likely N-dealkylation sites (tertiary alicyclic amines) is 1. The lowest BCUT2D eigenvalue weighted by molar-refractivity contribution is -0.130. The summed E-state index contributed by atoms with van der Waals surface area (Å²) >= 11 is 0. The van der Waals surface area contributed by atoms with Crippen LogP contribution in [0.4, 0.5) is 0 Å². The zero-order chi connectivity index (χ0) is 18.8. The van der Waals surface area contributed by atoms with Gasteiger partial charge in [0.05, 0.1) is 18.7 Å². The average molecular weight is 359 g/mol. The summed E-state index contributed by atoms with van der Waals surface area (Å²) in [5.41, 5.74) is 1.76. The van der Waals surface area contributed by atoms with E-state index in [2.05, 4.69) is 5.32 Å². The molecule has 1 aliphatic rings. The molecule has 0 unspecified atom stereocenters. The van der Waals surface area contributed by atoms with E-state index in [1.807, 2.05) is 30.0 Å². The Labute approximate surface area is 152 Å². The molecule has 2 N–H and O–H groups in total. The first-order chi connectivity index (χ1) is 12.3. The maximum atomic E-state index is 12.5. The molecule has 3 rings (SSSR count). The van der Waals surface area contributed by atoms with Crippen molar-refractivity contribution in [2.75, 3.05) is 33.7 Å². The Morgan fingerprint density at radius 2 is 2.12 bits per heavy atom. The molecule has 1 aromatic carbocycles. The van der Waals surface area contributed by atoms with Gasteiger partial charge in [-0.25, -0.2) is 0 Å². The number of aliphatic hydroxyl groups excluding tert-OH is 1. The summed E-state index contributed by atoms with van der Waals surface area (Å²) in [6, 6.07) is 7.10. The summed E-state index contributed by atoms with van der Waals surface area (Å²) in [5, 5.41) is 14.1. The predicted octanol–water partition coefficient (Wildman–Crippen LogP) is 0.994. The van der Waals surface area contributed by atoms with Crippen LogP contribution in [0.3, 0.4) is 0 Å². The smallest absolute Gasteiger partial charge is 0.287 e. The van der Waals surface area contributed by atoms with E-state index in [-0.39, 0.29) is 30.2 Å². The van der Waals surface area contributed by atoms with E-state index >= 15 is 0 Å². The van der Waals surface area contributed by atoms with Crippen molar-refractivity contribution in [1.82, 2.24) is 15.1 Å². The van der Waals surface area contributed by atoms with Gasteiger partial charge >= 0.3 is 0 Å². The van der Waals surface area contributed by atoms with Crippen LogP contribution in [0.2, 0.25) is 0 Å². The van der Waals surface area contributed by atoms with Crippen LogP contribution in [0, 0.1) is 6.92 Å². The minimum atomic E-state index is -0.728. The lowest BCUT2D eigenvalue weighted by Gasteiger charge is -2.36. The molecule has 0 radical (unpaired) electrons. The lowest BCUT2D eigenvalue weighted by Crippen LogP contribution is -2.55. The molecule has 0 bridgehead atoms. The second-order valence-electron chi connectivity index (χ2n) is 7.11. The van der Waals surface area contributed by atoms with Crippen molar-refractivity contribution in [3.8, 4) is 0 Å². The average Bonchev–Trinajstić information content (AvgIpc) is 3.00. The molecule has 2 atom stereocenters. The molecule has 1 fully saturated rings. The molecule has 0 saturated carbocycles. The maximum absolute atomic E-state index is 12.5. The van der Waals surface area contributed by atoms with Gasteiger partial charge in [0.1, 0.15) is 5.58 Å². The second kappa shape index (κ2) is 7.47. The molecule has 2 aromatic rings. The monoisotopic (exact) mass is 359 g/mol.